The van der Waals surface area contributed by atoms with Crippen LogP contribution in [0.2, 0.25) is 0 Å². The largest absolute Gasteiger partial charge is 0.504 e. The number of nitrogens with zero attached hydrogens (tertiary/aromatic N) is 2. The Labute approximate surface area is 92.1 Å². The van der Waals surface area contributed by atoms with Gasteiger partial charge in [-0.25, -0.2) is 0 Å². The lowest BCUT2D eigenvalue weighted by molar-refractivity contribution is 0.439. The van der Waals surface area contributed by atoms with E-state index in [1.54, 1.807) is 0 Å². The van der Waals surface area contributed by atoms with E-state index in [4.69, 9.17) is 0 Å². The van der Waals surface area contributed by atoms with Gasteiger partial charge in [0.25, 0.3) is 0 Å². The molecular weight excluding hydrogens is 188 g/mol. The molecule has 0 saturated heterocycles. The maximum absolute atomic E-state index is 10.0. The van der Waals surface area contributed by atoms with E-state index < -0.39 is 0 Å². The van der Waals surface area contributed by atoms with Gasteiger partial charge in [-0.1, -0.05) is 27.7 Å². The van der Waals surface area contributed by atoms with Crippen LogP contribution in [0.5, 0.6) is 5.75 Å². The molecule has 0 spiro atoms. The van der Waals surface area contributed by atoms with Crippen LogP contribution < -0.4 is 0 Å². The van der Waals surface area contributed by atoms with Crippen LogP contribution in [0.4, 0.5) is 0 Å². The highest BCUT2D eigenvalue weighted by molar-refractivity contribution is 5.34. The number of rotatable bonds is 4. The minimum absolute atomic E-state index is 0.278. The third-order valence-corrected chi connectivity index (χ3v) is 2.90. The van der Waals surface area contributed by atoms with Crippen LogP contribution in [-0.2, 0) is 6.42 Å². The molecule has 0 radical (unpaired) electrons. The first kappa shape index (κ1) is 12.1. The minimum Gasteiger partial charge on any atom is -0.504 e. The fourth-order valence-corrected chi connectivity index (χ4v) is 1.74. The van der Waals surface area contributed by atoms with Crippen LogP contribution >= 0.6 is 0 Å². The number of hydrogen-bond donors (Lipinski definition) is 1. The van der Waals surface area contributed by atoms with E-state index in [1.807, 2.05) is 4.68 Å². The molecule has 0 aliphatic heterocycles. The maximum Gasteiger partial charge on any atom is 0.160 e. The Kier molecular flexibility index (Phi) is 3.77. The van der Waals surface area contributed by atoms with E-state index >= 15 is 0 Å². The Morgan fingerprint density at radius 3 is 2.27 bits per heavy atom. The van der Waals surface area contributed by atoms with Crippen LogP contribution in [0.3, 0.4) is 0 Å². The van der Waals surface area contributed by atoms with Crippen LogP contribution in [0, 0.1) is 0 Å². The standard InChI is InChI=1S/C12H22N2O/c1-6-9(5)14-10(7-2)12(15)11(13-14)8(3)4/h8-9,15H,6-7H2,1-5H3. The Morgan fingerprint density at radius 2 is 1.87 bits per heavy atom. The molecule has 1 atom stereocenters. The summed E-state index contributed by atoms with van der Waals surface area (Å²) in [5.41, 5.74) is 1.79. The second-order valence-corrected chi connectivity index (χ2v) is 4.39. The van der Waals surface area contributed by atoms with Crippen LogP contribution in [0.25, 0.3) is 0 Å². The Balaban J connectivity index is 3.21. The summed E-state index contributed by atoms with van der Waals surface area (Å²) in [6.07, 6.45) is 1.86. The number of aromatic nitrogens is 2. The minimum atomic E-state index is 0.278. The zero-order valence-electron chi connectivity index (χ0n) is 10.4. The lowest BCUT2D eigenvalue weighted by Gasteiger charge is -2.12. The van der Waals surface area contributed by atoms with E-state index in [0.29, 0.717) is 11.8 Å². The number of hydrogen-bond acceptors (Lipinski definition) is 2. The van der Waals surface area contributed by atoms with Crippen molar-refractivity contribution in [3.8, 4) is 5.75 Å². The van der Waals surface area contributed by atoms with Crippen molar-refractivity contribution in [1.29, 1.82) is 0 Å². The monoisotopic (exact) mass is 210 g/mol. The predicted molar refractivity (Wildman–Crippen MR) is 62.4 cm³/mol. The normalized spacial score (nSPS) is 13.5. The molecule has 0 aliphatic rings. The van der Waals surface area contributed by atoms with Crippen molar-refractivity contribution in [2.75, 3.05) is 0 Å². The average Bonchev–Trinajstić information content (AvgIpc) is 2.54. The van der Waals surface area contributed by atoms with Crippen molar-refractivity contribution < 1.29 is 5.11 Å². The van der Waals surface area contributed by atoms with E-state index in [0.717, 1.165) is 24.2 Å². The zero-order valence-corrected chi connectivity index (χ0v) is 10.4. The smallest absolute Gasteiger partial charge is 0.160 e. The van der Waals surface area contributed by atoms with Gasteiger partial charge in [0.2, 0.25) is 0 Å². The van der Waals surface area contributed by atoms with E-state index in [-0.39, 0.29) is 5.92 Å². The summed E-state index contributed by atoms with van der Waals surface area (Å²) in [7, 11) is 0. The van der Waals surface area contributed by atoms with Crippen LogP contribution in [0.1, 0.15) is 64.4 Å². The molecule has 1 N–H and O–H groups in total. The first-order valence-corrected chi connectivity index (χ1v) is 5.83. The molecule has 1 aromatic heterocycles. The summed E-state index contributed by atoms with van der Waals surface area (Å²) in [4.78, 5) is 0. The van der Waals surface area contributed by atoms with Gasteiger partial charge in [-0.05, 0) is 19.8 Å². The summed E-state index contributed by atoms with van der Waals surface area (Å²) in [6.45, 7) is 10.4. The van der Waals surface area contributed by atoms with Gasteiger partial charge in [-0.15, -0.1) is 0 Å². The molecule has 0 amide bonds. The van der Waals surface area contributed by atoms with Gasteiger partial charge in [0.1, 0.15) is 5.69 Å². The molecule has 0 fully saturated rings. The summed E-state index contributed by atoms with van der Waals surface area (Å²) < 4.78 is 1.98. The van der Waals surface area contributed by atoms with Crippen molar-refractivity contribution in [3.63, 3.8) is 0 Å². The third kappa shape index (κ3) is 2.16. The maximum atomic E-state index is 10.0. The fraction of sp³-hybridized carbons (Fsp3) is 0.750. The van der Waals surface area contributed by atoms with E-state index in [1.165, 1.54) is 0 Å². The topological polar surface area (TPSA) is 38.1 Å². The highest BCUT2D eigenvalue weighted by Crippen LogP contribution is 2.31. The molecular formula is C12H22N2O. The number of aromatic hydroxyl groups is 1. The molecule has 0 aromatic carbocycles. The van der Waals surface area contributed by atoms with Crippen LogP contribution in [-0.4, -0.2) is 14.9 Å². The molecule has 86 valence electrons. The van der Waals surface area contributed by atoms with Gasteiger partial charge >= 0.3 is 0 Å². The van der Waals surface area contributed by atoms with Gasteiger partial charge in [0.05, 0.1) is 5.69 Å². The first-order valence-electron chi connectivity index (χ1n) is 5.83. The molecule has 1 aromatic rings. The van der Waals surface area contributed by atoms with Gasteiger partial charge in [0.15, 0.2) is 5.75 Å². The van der Waals surface area contributed by atoms with Crippen LogP contribution in [0.15, 0.2) is 0 Å². The Morgan fingerprint density at radius 1 is 1.27 bits per heavy atom. The fourth-order valence-electron chi connectivity index (χ4n) is 1.74. The average molecular weight is 210 g/mol. The summed E-state index contributed by atoms with van der Waals surface area (Å²) in [5, 5.41) is 14.6. The van der Waals surface area contributed by atoms with Crippen molar-refractivity contribution in [3.05, 3.63) is 11.4 Å². The Hall–Kier alpha value is -0.990. The van der Waals surface area contributed by atoms with Crippen molar-refractivity contribution >= 4 is 0 Å². The molecule has 0 bridgehead atoms. The quantitative estimate of drug-likeness (QED) is 0.828. The van der Waals surface area contributed by atoms with Gasteiger partial charge < -0.3 is 5.11 Å². The van der Waals surface area contributed by atoms with E-state index in [9.17, 15) is 5.11 Å². The summed E-state index contributed by atoms with van der Waals surface area (Å²) in [5.74, 6) is 0.674. The molecule has 3 nitrogen and oxygen atoms in total. The van der Waals surface area contributed by atoms with Crippen molar-refractivity contribution in [1.82, 2.24) is 9.78 Å². The summed E-state index contributed by atoms with van der Waals surface area (Å²) >= 11 is 0. The zero-order chi connectivity index (χ0) is 11.6. The molecule has 1 heterocycles. The molecule has 1 rings (SSSR count). The van der Waals surface area contributed by atoms with E-state index in [2.05, 4.69) is 39.7 Å². The highest BCUT2D eigenvalue weighted by atomic mass is 16.3. The molecule has 0 aliphatic carbocycles. The molecule has 15 heavy (non-hydrogen) atoms. The lowest BCUT2D eigenvalue weighted by atomic mass is 10.1. The first-order chi connectivity index (χ1) is 7.02. The van der Waals surface area contributed by atoms with Crippen molar-refractivity contribution in [2.45, 2.75) is 59.4 Å². The van der Waals surface area contributed by atoms with Crippen molar-refractivity contribution in [2.24, 2.45) is 0 Å². The lowest BCUT2D eigenvalue weighted by Crippen LogP contribution is -2.09. The molecule has 1 unspecified atom stereocenters. The highest BCUT2D eigenvalue weighted by Gasteiger charge is 2.20. The van der Waals surface area contributed by atoms with Gasteiger partial charge in [-0.3, -0.25) is 4.68 Å². The summed E-state index contributed by atoms with van der Waals surface area (Å²) in [6, 6.07) is 0.360. The SMILES string of the molecule is CCc1c(O)c(C(C)C)nn1C(C)CC. The molecule has 3 heteroatoms. The predicted octanol–water partition coefficient (Wildman–Crippen LogP) is 3.25. The Bertz CT molecular complexity index is 329. The van der Waals surface area contributed by atoms with Gasteiger partial charge in [-0.2, -0.15) is 5.10 Å². The van der Waals surface area contributed by atoms with Gasteiger partial charge in [0, 0.05) is 12.0 Å². The third-order valence-electron chi connectivity index (χ3n) is 2.90. The second kappa shape index (κ2) is 4.69. The molecule has 0 saturated carbocycles. The second-order valence-electron chi connectivity index (χ2n) is 4.39.